The first-order chi connectivity index (χ1) is 14.2. The molecule has 29 heavy (non-hydrogen) atoms. The highest BCUT2D eigenvalue weighted by Crippen LogP contribution is 2.23. The minimum absolute atomic E-state index is 0.0911. The summed E-state index contributed by atoms with van der Waals surface area (Å²) in [7, 11) is 0. The summed E-state index contributed by atoms with van der Waals surface area (Å²) in [6, 6.07) is 9.48. The molecule has 0 aromatic carbocycles. The van der Waals surface area contributed by atoms with Gasteiger partial charge in [-0.15, -0.1) is 0 Å². The van der Waals surface area contributed by atoms with E-state index >= 15 is 0 Å². The normalized spacial score (nSPS) is 16.7. The Morgan fingerprint density at radius 3 is 2.90 bits per heavy atom. The van der Waals surface area contributed by atoms with Crippen molar-refractivity contribution in [3.8, 4) is 0 Å². The number of likely N-dealkylation sites (tertiary alicyclic amines) is 1. The molecule has 1 unspecified atom stereocenters. The molecule has 0 aliphatic carbocycles. The Morgan fingerprint density at radius 2 is 2.10 bits per heavy atom. The molecule has 7 nitrogen and oxygen atoms in total. The number of pyridine rings is 2. The predicted molar refractivity (Wildman–Crippen MR) is 110 cm³/mol. The molecular formula is C22H25N5O2. The summed E-state index contributed by atoms with van der Waals surface area (Å²) in [5, 5.41) is 2.87. The van der Waals surface area contributed by atoms with E-state index in [1.165, 1.54) is 0 Å². The van der Waals surface area contributed by atoms with Crippen LogP contribution in [0, 0.1) is 0 Å². The summed E-state index contributed by atoms with van der Waals surface area (Å²) in [5.74, 6) is -0.191. The third-order valence-corrected chi connectivity index (χ3v) is 5.49. The van der Waals surface area contributed by atoms with Gasteiger partial charge in [-0.05, 0) is 49.4 Å². The maximum Gasteiger partial charge on any atom is 0.287 e. The molecule has 150 valence electrons. The SMILES string of the molecule is CCC1CCCCN1C(=O)c1nc(C(=O)NCc2cccnc2)n2ccccc12. The number of piperidine rings is 1. The zero-order valence-electron chi connectivity index (χ0n) is 16.5. The van der Waals surface area contributed by atoms with Gasteiger partial charge in [0, 0.05) is 37.7 Å². The van der Waals surface area contributed by atoms with Crippen LogP contribution in [-0.2, 0) is 6.54 Å². The van der Waals surface area contributed by atoms with Crippen LogP contribution < -0.4 is 5.32 Å². The number of rotatable bonds is 5. The van der Waals surface area contributed by atoms with E-state index in [-0.39, 0.29) is 23.7 Å². The first kappa shape index (κ1) is 19.1. The maximum atomic E-state index is 13.3. The van der Waals surface area contributed by atoms with Gasteiger partial charge in [0.1, 0.15) is 0 Å². The van der Waals surface area contributed by atoms with Gasteiger partial charge >= 0.3 is 0 Å². The van der Waals surface area contributed by atoms with Crippen molar-refractivity contribution < 1.29 is 9.59 Å². The molecule has 3 aromatic rings. The lowest BCUT2D eigenvalue weighted by Gasteiger charge is -2.34. The van der Waals surface area contributed by atoms with Crippen molar-refractivity contribution in [2.24, 2.45) is 0 Å². The number of carbonyl (C=O) groups excluding carboxylic acids is 2. The van der Waals surface area contributed by atoms with Gasteiger partial charge in [-0.25, -0.2) is 4.98 Å². The molecule has 1 aliphatic rings. The molecule has 3 aromatic heterocycles. The summed E-state index contributed by atoms with van der Waals surface area (Å²) in [5.41, 5.74) is 1.90. The van der Waals surface area contributed by atoms with Crippen molar-refractivity contribution in [1.29, 1.82) is 0 Å². The minimum Gasteiger partial charge on any atom is -0.345 e. The van der Waals surface area contributed by atoms with Crippen molar-refractivity contribution in [2.75, 3.05) is 6.54 Å². The highest BCUT2D eigenvalue weighted by molar-refractivity contribution is 6.02. The van der Waals surface area contributed by atoms with E-state index in [2.05, 4.69) is 22.2 Å². The molecule has 2 amide bonds. The predicted octanol–water partition coefficient (Wildman–Crippen LogP) is 3.06. The lowest BCUT2D eigenvalue weighted by Crippen LogP contribution is -2.43. The lowest BCUT2D eigenvalue weighted by atomic mass is 9.99. The molecule has 0 spiro atoms. The summed E-state index contributed by atoms with van der Waals surface area (Å²) in [4.78, 5) is 36.6. The number of carbonyl (C=O) groups is 2. The third kappa shape index (κ3) is 3.85. The van der Waals surface area contributed by atoms with E-state index in [0.717, 1.165) is 37.8 Å². The van der Waals surface area contributed by atoms with E-state index < -0.39 is 0 Å². The number of nitrogens with zero attached hydrogens (tertiary/aromatic N) is 4. The van der Waals surface area contributed by atoms with Crippen LogP contribution in [0.25, 0.3) is 5.52 Å². The number of hydrogen-bond acceptors (Lipinski definition) is 4. The number of nitrogens with one attached hydrogen (secondary N) is 1. The number of amides is 2. The summed E-state index contributed by atoms with van der Waals surface area (Å²) in [6.45, 7) is 3.20. The highest BCUT2D eigenvalue weighted by Gasteiger charge is 2.30. The Bertz CT molecular complexity index is 1010. The van der Waals surface area contributed by atoms with Gasteiger partial charge in [0.05, 0.1) is 5.52 Å². The number of imidazole rings is 1. The van der Waals surface area contributed by atoms with Crippen LogP contribution in [0.15, 0.2) is 48.9 Å². The Balaban J connectivity index is 1.62. The van der Waals surface area contributed by atoms with Gasteiger partial charge in [0.2, 0.25) is 5.82 Å². The van der Waals surface area contributed by atoms with Gasteiger partial charge in [-0.3, -0.25) is 19.0 Å². The van der Waals surface area contributed by atoms with Crippen LogP contribution in [0.3, 0.4) is 0 Å². The van der Waals surface area contributed by atoms with Crippen LogP contribution in [0.1, 0.15) is 59.3 Å². The van der Waals surface area contributed by atoms with Crippen molar-refractivity contribution in [3.05, 3.63) is 66.0 Å². The second-order valence-corrected chi connectivity index (χ2v) is 7.34. The van der Waals surface area contributed by atoms with Gasteiger partial charge in [0.15, 0.2) is 5.69 Å². The van der Waals surface area contributed by atoms with Gasteiger partial charge in [-0.2, -0.15) is 0 Å². The molecule has 1 atom stereocenters. The Kier molecular flexibility index (Phi) is 5.55. The number of fused-ring (bicyclic) bond motifs is 1. The van der Waals surface area contributed by atoms with Gasteiger partial charge < -0.3 is 10.2 Å². The number of aromatic nitrogens is 3. The van der Waals surface area contributed by atoms with Crippen LogP contribution >= 0.6 is 0 Å². The Labute approximate surface area is 169 Å². The second kappa shape index (κ2) is 8.43. The van der Waals surface area contributed by atoms with Crippen LogP contribution in [0.5, 0.6) is 0 Å². The molecular weight excluding hydrogens is 366 g/mol. The molecule has 1 saturated heterocycles. The Hall–Kier alpha value is -3.22. The molecule has 1 aliphatic heterocycles. The molecule has 0 saturated carbocycles. The topological polar surface area (TPSA) is 79.6 Å². The molecule has 1 fully saturated rings. The standard InChI is InChI=1S/C22H25N5O2/c1-2-17-9-3-5-12-26(17)22(29)19-18-10-4-6-13-27(18)20(25-19)21(28)24-15-16-8-7-11-23-14-16/h4,6-8,10-11,13-14,17H,2-3,5,9,12,15H2,1H3,(H,24,28). The van der Waals surface area contributed by atoms with Crippen molar-refractivity contribution >= 4 is 17.3 Å². The van der Waals surface area contributed by atoms with Gasteiger partial charge in [0.25, 0.3) is 11.8 Å². The van der Waals surface area contributed by atoms with Crippen molar-refractivity contribution in [2.45, 2.75) is 45.2 Å². The van der Waals surface area contributed by atoms with E-state index in [4.69, 9.17) is 0 Å². The van der Waals surface area contributed by atoms with E-state index in [0.29, 0.717) is 17.8 Å². The summed E-state index contributed by atoms with van der Waals surface area (Å²) in [6.07, 6.45) is 9.27. The molecule has 0 radical (unpaired) electrons. The summed E-state index contributed by atoms with van der Waals surface area (Å²) < 4.78 is 1.69. The fraction of sp³-hybridized carbons (Fsp3) is 0.364. The minimum atomic E-state index is -0.320. The second-order valence-electron chi connectivity index (χ2n) is 7.34. The smallest absolute Gasteiger partial charge is 0.287 e. The monoisotopic (exact) mass is 391 g/mol. The lowest BCUT2D eigenvalue weighted by molar-refractivity contribution is 0.0604. The first-order valence-electron chi connectivity index (χ1n) is 10.1. The van der Waals surface area contributed by atoms with E-state index in [9.17, 15) is 9.59 Å². The number of hydrogen-bond donors (Lipinski definition) is 1. The molecule has 1 N–H and O–H groups in total. The average Bonchev–Trinajstić information content (AvgIpc) is 3.17. The van der Waals surface area contributed by atoms with Crippen molar-refractivity contribution in [3.63, 3.8) is 0 Å². The average molecular weight is 391 g/mol. The Morgan fingerprint density at radius 1 is 1.21 bits per heavy atom. The van der Waals surface area contributed by atoms with E-state index in [1.807, 2.05) is 35.2 Å². The third-order valence-electron chi connectivity index (χ3n) is 5.49. The summed E-state index contributed by atoms with van der Waals surface area (Å²) >= 11 is 0. The van der Waals surface area contributed by atoms with Gasteiger partial charge in [-0.1, -0.05) is 19.1 Å². The largest absolute Gasteiger partial charge is 0.345 e. The zero-order chi connectivity index (χ0) is 20.2. The maximum absolute atomic E-state index is 13.3. The molecule has 0 bridgehead atoms. The van der Waals surface area contributed by atoms with Crippen LogP contribution in [0.2, 0.25) is 0 Å². The fourth-order valence-corrected chi connectivity index (χ4v) is 3.95. The molecule has 7 heteroatoms. The molecule has 4 heterocycles. The first-order valence-corrected chi connectivity index (χ1v) is 10.1. The highest BCUT2D eigenvalue weighted by atomic mass is 16.2. The quantitative estimate of drug-likeness (QED) is 0.725. The van der Waals surface area contributed by atoms with E-state index in [1.54, 1.807) is 23.0 Å². The fourth-order valence-electron chi connectivity index (χ4n) is 3.95. The molecule has 4 rings (SSSR count). The van der Waals surface area contributed by atoms with Crippen molar-refractivity contribution in [1.82, 2.24) is 24.6 Å². The zero-order valence-corrected chi connectivity index (χ0v) is 16.5. The van der Waals surface area contributed by atoms with Crippen LogP contribution in [0.4, 0.5) is 0 Å². The van der Waals surface area contributed by atoms with Crippen LogP contribution in [-0.4, -0.2) is 43.7 Å².